The molecule has 17 heavy (non-hydrogen) atoms. The third-order valence-electron chi connectivity index (χ3n) is 1.96. The third-order valence-corrected chi connectivity index (χ3v) is 1.96. The van der Waals surface area contributed by atoms with Crippen molar-refractivity contribution in [3.63, 3.8) is 0 Å². The number of hydrogen-bond donors (Lipinski definition) is 1. The lowest BCUT2D eigenvalue weighted by atomic mass is 10.1. The van der Waals surface area contributed by atoms with E-state index in [9.17, 15) is 22.0 Å². The molecule has 0 radical (unpaired) electrons. The highest BCUT2D eigenvalue weighted by Crippen LogP contribution is 2.32. The Morgan fingerprint density at radius 3 is 2.35 bits per heavy atom. The highest BCUT2D eigenvalue weighted by atomic mass is 19.4. The molecule has 8 heteroatoms. The fourth-order valence-electron chi connectivity index (χ4n) is 1.21. The van der Waals surface area contributed by atoms with Gasteiger partial charge in [0.05, 0.1) is 5.56 Å². The SMILES string of the molecule is N#Cc1c(CN)cc(C(F)(F)F)nc1C(F)F. The van der Waals surface area contributed by atoms with Crippen LogP contribution in [0.1, 0.15) is 28.9 Å². The van der Waals surface area contributed by atoms with Crippen LogP contribution >= 0.6 is 0 Å². The molecule has 1 aromatic rings. The van der Waals surface area contributed by atoms with Crippen molar-refractivity contribution in [3.8, 4) is 6.07 Å². The lowest BCUT2D eigenvalue weighted by molar-refractivity contribution is -0.141. The molecule has 0 saturated heterocycles. The van der Waals surface area contributed by atoms with E-state index in [0.29, 0.717) is 6.07 Å². The molecule has 3 nitrogen and oxygen atoms in total. The number of aromatic nitrogens is 1. The molecule has 1 heterocycles. The lowest BCUT2D eigenvalue weighted by Crippen LogP contribution is -2.14. The molecule has 0 aromatic carbocycles. The predicted octanol–water partition coefficient (Wildman–Crippen LogP) is 2.37. The van der Waals surface area contributed by atoms with E-state index in [1.165, 1.54) is 6.07 Å². The smallest absolute Gasteiger partial charge is 0.326 e. The molecule has 2 N–H and O–H groups in total. The summed E-state index contributed by atoms with van der Waals surface area (Å²) in [6, 6.07) is 1.89. The van der Waals surface area contributed by atoms with Crippen molar-refractivity contribution < 1.29 is 22.0 Å². The van der Waals surface area contributed by atoms with Crippen LogP contribution in [0.2, 0.25) is 0 Å². The monoisotopic (exact) mass is 251 g/mol. The summed E-state index contributed by atoms with van der Waals surface area (Å²) in [5.74, 6) is 0. The van der Waals surface area contributed by atoms with E-state index >= 15 is 0 Å². The van der Waals surface area contributed by atoms with E-state index in [1.807, 2.05) is 0 Å². The highest BCUT2D eigenvalue weighted by molar-refractivity contribution is 5.43. The van der Waals surface area contributed by atoms with Crippen molar-refractivity contribution in [2.45, 2.75) is 19.1 Å². The molecule has 0 unspecified atom stereocenters. The maximum absolute atomic E-state index is 12.5. The van der Waals surface area contributed by atoms with E-state index in [4.69, 9.17) is 11.0 Å². The third kappa shape index (κ3) is 2.68. The van der Waals surface area contributed by atoms with Crippen molar-refractivity contribution in [2.24, 2.45) is 5.73 Å². The fourth-order valence-corrected chi connectivity index (χ4v) is 1.21. The number of rotatable bonds is 2. The van der Waals surface area contributed by atoms with Gasteiger partial charge in [0.25, 0.3) is 6.43 Å². The Hall–Kier alpha value is -1.75. The summed E-state index contributed by atoms with van der Waals surface area (Å²) >= 11 is 0. The first-order valence-corrected chi connectivity index (χ1v) is 4.30. The maximum atomic E-state index is 12.5. The van der Waals surface area contributed by atoms with Gasteiger partial charge in [-0.15, -0.1) is 0 Å². The van der Waals surface area contributed by atoms with Crippen molar-refractivity contribution >= 4 is 0 Å². The Bertz CT molecular complexity index is 461. The Morgan fingerprint density at radius 1 is 1.41 bits per heavy atom. The average molecular weight is 251 g/mol. The van der Waals surface area contributed by atoms with Gasteiger partial charge in [-0.05, 0) is 11.6 Å². The summed E-state index contributed by atoms with van der Waals surface area (Å²) in [6.45, 7) is -0.450. The highest BCUT2D eigenvalue weighted by Gasteiger charge is 2.35. The minimum Gasteiger partial charge on any atom is -0.326 e. The van der Waals surface area contributed by atoms with Crippen molar-refractivity contribution in [3.05, 3.63) is 28.6 Å². The second kappa shape index (κ2) is 4.63. The molecule has 0 saturated carbocycles. The Balaban J connectivity index is 3.53. The van der Waals surface area contributed by atoms with E-state index < -0.39 is 36.1 Å². The lowest BCUT2D eigenvalue weighted by Gasteiger charge is -2.12. The maximum Gasteiger partial charge on any atom is 0.433 e. The number of alkyl halides is 5. The van der Waals surface area contributed by atoms with Crippen LogP contribution in [0.25, 0.3) is 0 Å². The van der Waals surface area contributed by atoms with Gasteiger partial charge in [-0.1, -0.05) is 0 Å². The van der Waals surface area contributed by atoms with E-state index in [1.54, 1.807) is 0 Å². The molecule has 0 aliphatic carbocycles. The minimum absolute atomic E-state index is 0.301. The summed E-state index contributed by atoms with van der Waals surface area (Å²) < 4.78 is 62.0. The molecular weight excluding hydrogens is 245 g/mol. The zero-order valence-corrected chi connectivity index (χ0v) is 8.22. The normalized spacial score (nSPS) is 11.6. The second-order valence-corrected chi connectivity index (χ2v) is 3.04. The number of nitrogens with two attached hydrogens (primary N) is 1. The second-order valence-electron chi connectivity index (χ2n) is 3.04. The number of nitriles is 1. The molecule has 0 spiro atoms. The first kappa shape index (κ1) is 13.3. The first-order valence-electron chi connectivity index (χ1n) is 4.30. The Kier molecular flexibility index (Phi) is 3.63. The molecule has 0 fully saturated rings. The quantitative estimate of drug-likeness (QED) is 0.820. The zero-order chi connectivity index (χ0) is 13.2. The summed E-state index contributed by atoms with van der Waals surface area (Å²) in [5.41, 5.74) is 1.54. The van der Waals surface area contributed by atoms with Gasteiger partial charge in [0.2, 0.25) is 0 Å². The van der Waals surface area contributed by atoms with Gasteiger partial charge in [-0.2, -0.15) is 18.4 Å². The Labute approximate surface area is 92.7 Å². The summed E-state index contributed by atoms with van der Waals surface area (Å²) in [6.07, 6.45) is -8.13. The molecule has 0 aliphatic rings. The average Bonchev–Trinajstić information content (AvgIpc) is 2.25. The first-order chi connectivity index (χ1) is 7.81. The molecule has 0 bridgehead atoms. The van der Waals surface area contributed by atoms with Crippen LogP contribution in [0.4, 0.5) is 22.0 Å². The predicted molar refractivity (Wildman–Crippen MR) is 46.8 cm³/mol. The molecule has 0 atom stereocenters. The molecule has 92 valence electrons. The van der Waals surface area contributed by atoms with Crippen LogP contribution < -0.4 is 5.73 Å². The van der Waals surface area contributed by atoms with E-state index in [0.717, 1.165) is 0 Å². The van der Waals surface area contributed by atoms with Gasteiger partial charge >= 0.3 is 6.18 Å². The molecule has 1 aromatic heterocycles. The van der Waals surface area contributed by atoms with Crippen LogP contribution in [-0.2, 0) is 12.7 Å². The molecular formula is C9H6F5N3. The van der Waals surface area contributed by atoms with Gasteiger partial charge in [-0.25, -0.2) is 13.8 Å². The fraction of sp³-hybridized carbons (Fsp3) is 0.333. The molecule has 0 aliphatic heterocycles. The van der Waals surface area contributed by atoms with Gasteiger partial charge in [0.1, 0.15) is 17.5 Å². The Morgan fingerprint density at radius 2 is 2.00 bits per heavy atom. The standard InChI is InChI=1S/C9H6F5N3/c10-8(11)7-5(3-16)4(2-15)1-6(17-7)9(12,13)14/h1,8H,2,15H2. The van der Waals surface area contributed by atoms with Gasteiger partial charge in [0.15, 0.2) is 0 Å². The zero-order valence-electron chi connectivity index (χ0n) is 8.22. The van der Waals surface area contributed by atoms with Crippen LogP contribution in [0.5, 0.6) is 0 Å². The molecule has 0 amide bonds. The van der Waals surface area contributed by atoms with Crippen LogP contribution in [-0.4, -0.2) is 4.98 Å². The summed E-state index contributed by atoms with van der Waals surface area (Å²) in [7, 11) is 0. The largest absolute Gasteiger partial charge is 0.433 e. The topological polar surface area (TPSA) is 62.7 Å². The van der Waals surface area contributed by atoms with E-state index in [-0.39, 0.29) is 5.56 Å². The number of hydrogen-bond acceptors (Lipinski definition) is 3. The van der Waals surface area contributed by atoms with Crippen molar-refractivity contribution in [1.82, 2.24) is 4.98 Å². The van der Waals surface area contributed by atoms with Gasteiger partial charge < -0.3 is 5.73 Å². The van der Waals surface area contributed by atoms with Crippen molar-refractivity contribution in [1.29, 1.82) is 5.26 Å². The number of nitrogens with zero attached hydrogens (tertiary/aromatic N) is 2. The number of pyridine rings is 1. The van der Waals surface area contributed by atoms with Crippen LogP contribution in [0, 0.1) is 11.3 Å². The van der Waals surface area contributed by atoms with Crippen LogP contribution in [0.3, 0.4) is 0 Å². The van der Waals surface area contributed by atoms with Gasteiger partial charge in [0, 0.05) is 6.54 Å². The van der Waals surface area contributed by atoms with Crippen LogP contribution in [0.15, 0.2) is 6.07 Å². The van der Waals surface area contributed by atoms with E-state index in [2.05, 4.69) is 4.98 Å². The summed E-state index contributed by atoms with van der Waals surface area (Å²) in [4.78, 5) is 2.77. The molecule has 1 rings (SSSR count). The number of halogens is 5. The minimum atomic E-state index is -4.86. The summed E-state index contributed by atoms with van der Waals surface area (Å²) in [5, 5.41) is 8.61. The van der Waals surface area contributed by atoms with Crippen molar-refractivity contribution in [2.75, 3.05) is 0 Å². The van der Waals surface area contributed by atoms with Gasteiger partial charge in [-0.3, -0.25) is 0 Å².